The number of unbranched alkanes of at least 4 members (excludes halogenated alkanes) is 16. The first kappa shape index (κ1) is 97.8. The Bertz CT molecular complexity index is 7880. The standard InChI is InChI=1S/C48H49N3O.C48H39N3.C42H47N3/c1-3-5-7-9-18-32-48(33-19-10-8-6-4-2)39-28-16-14-24-35(39)43-37(26-20-29-40(43)48)46-49-45(34-22-12-11-13-23-34)50-47(51-46)38-27-21-31-42-44(38)36-25-15-17-30-41(36)52-42;1-46(2)38-20-12-9-16-34(38)42-35(17-13-21-39(42)46)45-50-43(28-22-24-32-30-14-7-10-18-36(30)47(3,4)40(32)26-28)49-44(51-45)29-23-25-33-31-15-8-11-19-37(31)48(5,6)41(33)27-29;1-3-5-7-9-19-30-42(31-20-10-8-6-4-2)36-28-18-17-26-34(36)38-35(27-21-29-37(38)42)41-44-39(32-22-13-11-14-23-32)43-40(45-41)33-24-15-12-16-25-33/h11-17,20-31H,3-10,18-19,32-33H2,1-2H3;7-27H,1-6H3;11-18,21-29H,3-10,19-20,30-31H2,1-2H3. The lowest BCUT2D eigenvalue weighted by Crippen LogP contribution is -2.25. The molecule has 0 atom stereocenters. The van der Waals surface area contributed by atoms with Gasteiger partial charge in [-0.25, -0.2) is 44.9 Å². The molecule has 0 saturated heterocycles. The molecule has 0 spiro atoms. The molecule has 0 saturated carbocycles. The van der Waals surface area contributed by atoms with Gasteiger partial charge in [-0.1, -0.05) is 519 Å². The fourth-order valence-electron chi connectivity index (χ4n) is 25.4. The van der Waals surface area contributed by atoms with E-state index in [0.717, 1.165) is 77.8 Å². The second-order valence-electron chi connectivity index (χ2n) is 43.4. The summed E-state index contributed by atoms with van der Waals surface area (Å²) in [6.07, 6.45) is 30.6. The first-order chi connectivity index (χ1) is 72.5. The number of fused-ring (bicyclic) bond motifs is 18. The predicted molar refractivity (Wildman–Crippen MR) is 614 cm³/mol. The number of nitrogens with zero attached hydrogens (tertiary/aromatic N) is 9. The van der Waals surface area contributed by atoms with Crippen molar-refractivity contribution < 1.29 is 4.42 Å². The highest BCUT2D eigenvalue weighted by molar-refractivity contribution is 6.12. The van der Waals surface area contributed by atoms with E-state index < -0.39 is 0 Å². The van der Waals surface area contributed by atoms with Gasteiger partial charge in [0.1, 0.15) is 11.2 Å². The van der Waals surface area contributed by atoms with Crippen LogP contribution in [0, 0.1) is 0 Å². The van der Waals surface area contributed by atoms with Crippen LogP contribution in [0.25, 0.3) is 180 Å². The molecule has 24 rings (SSSR count). The molecular formula is C138H135N9O. The summed E-state index contributed by atoms with van der Waals surface area (Å²) < 4.78 is 6.30. The van der Waals surface area contributed by atoms with Crippen molar-refractivity contribution in [1.29, 1.82) is 0 Å². The number of hydrogen-bond donors (Lipinski definition) is 0. The Balaban J connectivity index is 0.000000126. The van der Waals surface area contributed by atoms with Crippen LogP contribution in [0.5, 0.6) is 0 Å². The van der Waals surface area contributed by atoms with Crippen LogP contribution in [-0.4, -0.2) is 44.9 Å². The lowest BCUT2D eigenvalue weighted by atomic mass is 9.70. The molecule has 0 radical (unpaired) electrons. The Morgan fingerprint density at radius 2 is 0.439 bits per heavy atom. The normalized spacial score (nSPS) is 14.1. The summed E-state index contributed by atoms with van der Waals surface area (Å²) in [6.45, 7) is 23.1. The fraction of sp³-hybridized carbons (Fsp3) is 0.283. The van der Waals surface area contributed by atoms with Gasteiger partial charge >= 0.3 is 0 Å². The predicted octanol–water partition coefficient (Wildman–Crippen LogP) is 37.4. The van der Waals surface area contributed by atoms with Crippen LogP contribution in [0.4, 0.5) is 0 Å². The van der Waals surface area contributed by atoms with Crippen LogP contribution >= 0.6 is 0 Å². The number of furan rings is 1. The Kier molecular flexibility index (Phi) is 27.9. The quantitative estimate of drug-likeness (QED) is 0.0367. The molecule has 0 unspecified atom stereocenters. The monoisotopic (exact) mass is 1930 g/mol. The smallest absolute Gasteiger partial charge is 0.164 e. The number of rotatable bonds is 33. The van der Waals surface area contributed by atoms with Crippen molar-refractivity contribution in [3.05, 3.63) is 401 Å². The molecule has 10 heteroatoms. The van der Waals surface area contributed by atoms with Crippen molar-refractivity contribution in [2.75, 3.05) is 0 Å². The van der Waals surface area contributed by atoms with E-state index >= 15 is 0 Å². The van der Waals surface area contributed by atoms with E-state index in [-0.39, 0.29) is 27.1 Å². The third kappa shape index (κ3) is 18.2. The van der Waals surface area contributed by atoms with Crippen LogP contribution in [-0.2, 0) is 27.1 Å². The summed E-state index contributed by atoms with van der Waals surface area (Å²) in [4.78, 5) is 47.1. The van der Waals surface area contributed by atoms with Crippen molar-refractivity contribution in [2.24, 2.45) is 0 Å². The summed E-state index contributed by atoms with van der Waals surface area (Å²) in [5.41, 5.74) is 37.3. The summed E-state index contributed by atoms with van der Waals surface area (Å²) in [7, 11) is 0. The number of benzene rings is 15. The first-order valence-corrected chi connectivity index (χ1v) is 55.1. The van der Waals surface area contributed by atoms with Crippen molar-refractivity contribution in [2.45, 2.75) is 250 Å². The zero-order valence-electron chi connectivity index (χ0n) is 87.8. The van der Waals surface area contributed by atoms with Crippen LogP contribution in [0.1, 0.15) is 279 Å². The topological polar surface area (TPSA) is 129 Å². The van der Waals surface area contributed by atoms with Gasteiger partial charge in [0.15, 0.2) is 52.4 Å². The average molecular weight is 1940 g/mol. The summed E-state index contributed by atoms with van der Waals surface area (Å²) in [5.74, 6) is 6.29. The van der Waals surface area contributed by atoms with E-state index in [1.807, 2.05) is 66.7 Å². The minimum Gasteiger partial charge on any atom is -0.456 e. The second kappa shape index (κ2) is 42.2. The van der Waals surface area contributed by atoms with Crippen LogP contribution in [0.3, 0.4) is 0 Å². The number of aromatic nitrogens is 9. The number of para-hydroxylation sites is 1. The van der Waals surface area contributed by atoms with Gasteiger partial charge in [0, 0.05) is 87.9 Å². The molecule has 19 aromatic rings. The van der Waals surface area contributed by atoms with E-state index in [1.54, 1.807) is 0 Å². The molecule has 15 aromatic carbocycles. The average Bonchev–Trinajstić information content (AvgIpc) is 1.56. The molecule has 148 heavy (non-hydrogen) atoms. The Morgan fingerprint density at radius 3 is 0.838 bits per heavy atom. The molecule has 4 heterocycles. The molecule has 0 fully saturated rings. The van der Waals surface area contributed by atoms with E-state index in [0.29, 0.717) is 46.6 Å². The minimum atomic E-state index is -0.128. The molecule has 10 nitrogen and oxygen atoms in total. The third-order valence-electron chi connectivity index (χ3n) is 33.1. The molecule has 5 aliphatic carbocycles. The maximum absolute atomic E-state index is 6.30. The zero-order chi connectivity index (χ0) is 101. The van der Waals surface area contributed by atoms with Crippen LogP contribution in [0.15, 0.2) is 350 Å². The number of hydrogen-bond acceptors (Lipinski definition) is 10. The minimum absolute atomic E-state index is 0.0141. The zero-order valence-corrected chi connectivity index (χ0v) is 87.8. The second-order valence-corrected chi connectivity index (χ2v) is 43.4. The molecule has 4 aromatic heterocycles. The van der Waals surface area contributed by atoms with Gasteiger partial charge in [0.25, 0.3) is 0 Å². The summed E-state index contributed by atoms with van der Waals surface area (Å²) >= 11 is 0. The largest absolute Gasteiger partial charge is 0.456 e. The van der Waals surface area contributed by atoms with Crippen LogP contribution < -0.4 is 0 Å². The first-order valence-electron chi connectivity index (χ1n) is 55.1. The fourth-order valence-corrected chi connectivity index (χ4v) is 25.4. The van der Waals surface area contributed by atoms with Gasteiger partial charge in [0.05, 0.1) is 0 Å². The molecule has 738 valence electrons. The van der Waals surface area contributed by atoms with Crippen molar-refractivity contribution >= 4 is 21.9 Å². The Labute approximate surface area is 875 Å². The SMILES string of the molecule is CC1(C)c2ccccc2-c2ccc(-c3nc(-c4ccc5c(c4)C(C)(C)c4ccccc4-5)nc(-c4cccc5c4-c4ccccc4C5(C)C)n3)cc21.CCCCCCCC1(CCCCCCC)c2ccccc2-c2c(-c3nc(-c4ccccc4)nc(-c4cccc5oc6ccccc6c45)n3)cccc21.CCCCCCCC1(CCCCCCC)c2ccccc2-c2c(-c3nc(-c4ccccc4)nc(-c4ccccc4)n3)cccc21. The molecule has 0 bridgehead atoms. The van der Waals surface area contributed by atoms with Gasteiger partial charge in [-0.15, -0.1) is 0 Å². The van der Waals surface area contributed by atoms with Gasteiger partial charge in [-0.2, -0.15) is 0 Å². The van der Waals surface area contributed by atoms with E-state index in [4.69, 9.17) is 49.3 Å². The highest BCUT2D eigenvalue weighted by Crippen LogP contribution is 2.61. The van der Waals surface area contributed by atoms with E-state index in [2.05, 4.69) is 348 Å². The molecular weight excluding hydrogens is 1800 g/mol. The maximum Gasteiger partial charge on any atom is 0.164 e. The summed E-state index contributed by atoms with van der Waals surface area (Å²) in [6, 6.07) is 124. The van der Waals surface area contributed by atoms with Crippen molar-refractivity contribution in [1.82, 2.24) is 44.9 Å². The van der Waals surface area contributed by atoms with Gasteiger partial charge in [-0.05, 0) is 161 Å². The van der Waals surface area contributed by atoms with E-state index in [9.17, 15) is 0 Å². The lowest BCUT2D eigenvalue weighted by molar-refractivity contribution is 0.399. The summed E-state index contributed by atoms with van der Waals surface area (Å²) in [5, 5.41) is 2.09. The Hall–Kier alpha value is -14.9. The van der Waals surface area contributed by atoms with Crippen molar-refractivity contribution in [3.8, 4) is 158 Å². The Morgan fingerprint density at radius 1 is 0.182 bits per heavy atom. The molecule has 0 aliphatic heterocycles. The van der Waals surface area contributed by atoms with Crippen LogP contribution in [0.2, 0.25) is 0 Å². The van der Waals surface area contributed by atoms with Gasteiger partial charge in [0.2, 0.25) is 0 Å². The highest BCUT2D eigenvalue weighted by atomic mass is 16.3. The molecule has 0 amide bonds. The van der Waals surface area contributed by atoms with E-state index in [1.165, 1.54) is 265 Å². The van der Waals surface area contributed by atoms with Gasteiger partial charge in [-0.3, -0.25) is 0 Å². The molecule has 5 aliphatic rings. The van der Waals surface area contributed by atoms with Crippen molar-refractivity contribution in [3.63, 3.8) is 0 Å². The third-order valence-corrected chi connectivity index (χ3v) is 33.1. The van der Waals surface area contributed by atoms with Gasteiger partial charge < -0.3 is 4.42 Å². The maximum atomic E-state index is 6.30. The highest BCUT2D eigenvalue weighted by Gasteiger charge is 2.47. The lowest BCUT2D eigenvalue weighted by Gasteiger charge is -2.33. The molecule has 0 N–H and O–H groups in total.